The van der Waals surface area contributed by atoms with E-state index in [-0.39, 0.29) is 0 Å². The highest BCUT2D eigenvalue weighted by Gasteiger charge is 2.21. The summed E-state index contributed by atoms with van der Waals surface area (Å²) in [6.45, 7) is 4.97. The van der Waals surface area contributed by atoms with E-state index in [0.717, 1.165) is 37.0 Å². The molecule has 100 valence electrons. The number of alkyl halides is 1. The van der Waals surface area contributed by atoms with Crippen molar-refractivity contribution in [3.05, 3.63) is 28.2 Å². The zero-order chi connectivity index (χ0) is 13.0. The van der Waals surface area contributed by atoms with Gasteiger partial charge in [0.05, 0.1) is 6.10 Å². The van der Waals surface area contributed by atoms with Crippen LogP contribution in [0.2, 0.25) is 0 Å². The highest BCUT2D eigenvalue weighted by atomic mass is 79.9. The Kier molecular flexibility index (Phi) is 5.34. The summed E-state index contributed by atoms with van der Waals surface area (Å²) >= 11 is 9.55. The third-order valence-electron chi connectivity index (χ3n) is 3.38. The summed E-state index contributed by atoms with van der Waals surface area (Å²) in [6, 6.07) is 6.31. The quantitative estimate of drug-likeness (QED) is 0.766. The van der Waals surface area contributed by atoms with Gasteiger partial charge in [-0.1, -0.05) is 22.0 Å². The van der Waals surface area contributed by atoms with Crippen LogP contribution >= 0.6 is 27.5 Å². The second-order valence-electron chi connectivity index (χ2n) is 4.55. The summed E-state index contributed by atoms with van der Waals surface area (Å²) in [5.74, 6) is 0.563. The van der Waals surface area contributed by atoms with Crippen LogP contribution in [0.4, 0.5) is 5.69 Å². The lowest BCUT2D eigenvalue weighted by Crippen LogP contribution is -2.37. The Morgan fingerprint density at radius 3 is 2.72 bits per heavy atom. The van der Waals surface area contributed by atoms with Gasteiger partial charge in [0.1, 0.15) is 0 Å². The van der Waals surface area contributed by atoms with E-state index in [0.29, 0.717) is 12.0 Å². The molecule has 2 nitrogen and oxygen atoms in total. The van der Waals surface area contributed by atoms with Gasteiger partial charge in [-0.3, -0.25) is 0 Å². The molecule has 1 fully saturated rings. The maximum absolute atomic E-state index is 6.02. The Morgan fingerprint density at radius 2 is 2.11 bits per heavy atom. The molecule has 1 aromatic rings. The normalized spacial score (nSPS) is 17.2. The Balaban J connectivity index is 2.06. The number of nitrogens with zero attached hydrogens (tertiary/aromatic N) is 1. The van der Waals surface area contributed by atoms with Crippen molar-refractivity contribution in [2.24, 2.45) is 0 Å². The Morgan fingerprint density at radius 1 is 1.39 bits per heavy atom. The predicted octanol–water partition coefficient (Wildman–Crippen LogP) is 4.19. The summed E-state index contributed by atoms with van der Waals surface area (Å²) in [5.41, 5.74) is 2.46. The largest absolute Gasteiger partial charge is 0.378 e. The van der Waals surface area contributed by atoms with Crippen molar-refractivity contribution >= 4 is 33.2 Å². The third kappa shape index (κ3) is 3.40. The molecule has 0 bridgehead atoms. The van der Waals surface area contributed by atoms with Gasteiger partial charge in [-0.15, -0.1) is 11.6 Å². The Hall–Kier alpha value is -0.250. The smallest absolute Gasteiger partial charge is 0.0608 e. The van der Waals surface area contributed by atoms with E-state index in [1.165, 1.54) is 11.3 Å². The van der Waals surface area contributed by atoms with Crippen molar-refractivity contribution in [2.75, 3.05) is 24.6 Å². The average molecular weight is 333 g/mol. The maximum atomic E-state index is 6.02. The molecule has 0 saturated carbocycles. The van der Waals surface area contributed by atoms with E-state index >= 15 is 0 Å². The number of hydrogen-bond acceptors (Lipinski definition) is 2. The minimum Gasteiger partial charge on any atom is -0.378 e. The first-order valence-electron chi connectivity index (χ1n) is 6.45. The molecule has 1 aliphatic rings. The number of piperidine rings is 1. The summed E-state index contributed by atoms with van der Waals surface area (Å²) < 4.78 is 6.79. The molecule has 0 aliphatic carbocycles. The van der Waals surface area contributed by atoms with Crippen LogP contribution in [-0.4, -0.2) is 25.8 Å². The van der Waals surface area contributed by atoms with Crippen LogP contribution < -0.4 is 4.90 Å². The van der Waals surface area contributed by atoms with Gasteiger partial charge in [-0.05, 0) is 37.5 Å². The molecule has 1 heterocycles. The van der Waals surface area contributed by atoms with Gasteiger partial charge in [0.25, 0.3) is 0 Å². The number of ether oxygens (including phenoxy) is 1. The topological polar surface area (TPSA) is 12.5 Å². The van der Waals surface area contributed by atoms with Gasteiger partial charge in [-0.2, -0.15) is 0 Å². The highest BCUT2D eigenvalue weighted by molar-refractivity contribution is 9.10. The molecule has 1 aromatic carbocycles. The zero-order valence-electron chi connectivity index (χ0n) is 10.7. The van der Waals surface area contributed by atoms with E-state index < -0.39 is 0 Å². The van der Waals surface area contributed by atoms with Crippen LogP contribution in [0, 0.1) is 0 Å². The fourth-order valence-electron chi connectivity index (χ4n) is 2.44. The molecule has 0 spiro atoms. The molecular weight excluding hydrogens is 314 g/mol. The van der Waals surface area contributed by atoms with E-state index in [4.69, 9.17) is 16.3 Å². The van der Waals surface area contributed by atoms with Gasteiger partial charge in [0.15, 0.2) is 0 Å². The van der Waals surface area contributed by atoms with Gasteiger partial charge in [0, 0.05) is 35.7 Å². The van der Waals surface area contributed by atoms with E-state index in [1.54, 1.807) is 0 Å². The van der Waals surface area contributed by atoms with Crippen molar-refractivity contribution in [3.63, 3.8) is 0 Å². The van der Waals surface area contributed by atoms with E-state index in [9.17, 15) is 0 Å². The predicted molar refractivity (Wildman–Crippen MR) is 80.6 cm³/mol. The molecule has 1 saturated heterocycles. The van der Waals surface area contributed by atoms with Gasteiger partial charge in [0.2, 0.25) is 0 Å². The molecule has 0 aromatic heterocycles. The molecule has 0 atom stereocenters. The fourth-order valence-corrected chi connectivity index (χ4v) is 3.02. The van der Waals surface area contributed by atoms with Gasteiger partial charge in [-0.25, -0.2) is 0 Å². The summed E-state index contributed by atoms with van der Waals surface area (Å²) in [4.78, 5) is 2.41. The van der Waals surface area contributed by atoms with Crippen molar-refractivity contribution in [2.45, 2.75) is 31.7 Å². The molecule has 18 heavy (non-hydrogen) atoms. The lowest BCUT2D eigenvalue weighted by atomic mass is 10.1. The standard InChI is InChI=1S/C14H19BrClNO/c1-2-18-13-5-7-17(8-6-13)14-9-12(15)4-3-11(14)10-16/h3-4,9,13H,2,5-8,10H2,1H3. The minimum atomic E-state index is 0.429. The lowest BCUT2D eigenvalue weighted by molar-refractivity contribution is 0.0459. The Labute approximate surface area is 122 Å². The van der Waals surface area contributed by atoms with Crippen LogP contribution in [0.15, 0.2) is 22.7 Å². The monoisotopic (exact) mass is 331 g/mol. The number of anilines is 1. The minimum absolute atomic E-state index is 0.429. The van der Waals surface area contributed by atoms with E-state index in [2.05, 4.69) is 39.9 Å². The van der Waals surface area contributed by atoms with Crippen LogP contribution in [0.1, 0.15) is 25.3 Å². The van der Waals surface area contributed by atoms with Crippen LogP contribution in [0.3, 0.4) is 0 Å². The second kappa shape index (κ2) is 6.78. The van der Waals surface area contributed by atoms with E-state index in [1.807, 2.05) is 6.07 Å². The molecule has 2 rings (SSSR count). The zero-order valence-corrected chi connectivity index (χ0v) is 13.0. The first-order valence-corrected chi connectivity index (χ1v) is 7.78. The van der Waals surface area contributed by atoms with Crippen LogP contribution in [-0.2, 0) is 10.6 Å². The molecule has 0 radical (unpaired) electrons. The Bertz CT molecular complexity index is 391. The van der Waals surface area contributed by atoms with Crippen molar-refractivity contribution in [1.82, 2.24) is 0 Å². The van der Waals surface area contributed by atoms with Gasteiger partial charge < -0.3 is 9.64 Å². The number of halogens is 2. The number of rotatable bonds is 4. The molecule has 1 aliphatic heterocycles. The van der Waals surface area contributed by atoms with Crippen LogP contribution in [0.25, 0.3) is 0 Å². The lowest BCUT2D eigenvalue weighted by Gasteiger charge is -2.34. The molecule has 0 unspecified atom stereocenters. The van der Waals surface area contributed by atoms with Crippen molar-refractivity contribution in [1.29, 1.82) is 0 Å². The number of benzene rings is 1. The third-order valence-corrected chi connectivity index (χ3v) is 4.16. The fraction of sp³-hybridized carbons (Fsp3) is 0.571. The van der Waals surface area contributed by atoms with Crippen molar-refractivity contribution < 1.29 is 4.74 Å². The number of hydrogen-bond donors (Lipinski definition) is 0. The molecule has 0 amide bonds. The molecule has 4 heteroatoms. The summed E-state index contributed by atoms with van der Waals surface area (Å²) in [5, 5.41) is 0. The highest BCUT2D eigenvalue weighted by Crippen LogP contribution is 2.29. The molecule has 0 N–H and O–H groups in total. The second-order valence-corrected chi connectivity index (χ2v) is 5.73. The first kappa shape index (κ1) is 14.2. The SMILES string of the molecule is CCOC1CCN(c2cc(Br)ccc2CCl)CC1. The molecular formula is C14H19BrClNO. The summed E-state index contributed by atoms with van der Waals surface area (Å²) in [7, 11) is 0. The van der Waals surface area contributed by atoms with Crippen molar-refractivity contribution in [3.8, 4) is 0 Å². The van der Waals surface area contributed by atoms with Gasteiger partial charge >= 0.3 is 0 Å². The maximum Gasteiger partial charge on any atom is 0.0608 e. The average Bonchev–Trinajstić information content (AvgIpc) is 2.40. The first-order chi connectivity index (χ1) is 8.74. The van der Waals surface area contributed by atoms with Crippen LogP contribution in [0.5, 0.6) is 0 Å². The summed E-state index contributed by atoms with van der Waals surface area (Å²) in [6.07, 6.45) is 2.63.